The summed E-state index contributed by atoms with van der Waals surface area (Å²) in [5, 5.41) is 8.96. The molecule has 18 heavy (non-hydrogen) atoms. The zero-order valence-electron chi connectivity index (χ0n) is 10.5. The van der Waals surface area contributed by atoms with Gasteiger partial charge in [-0.05, 0) is 19.8 Å². The number of alkyl halides is 2. The summed E-state index contributed by atoms with van der Waals surface area (Å²) in [6, 6.07) is 2.26. The third-order valence-corrected chi connectivity index (χ3v) is 3.19. The molecule has 1 aliphatic rings. The second kappa shape index (κ2) is 6.64. The largest absolute Gasteiger partial charge is 0.375 e. The molecule has 1 rings (SSSR count). The Morgan fingerprint density at radius 2 is 2.11 bits per heavy atom. The lowest BCUT2D eigenvalue weighted by atomic mass is 9.82. The van der Waals surface area contributed by atoms with E-state index >= 15 is 0 Å². The number of piperidine rings is 1. The molecule has 0 spiro atoms. The molecule has 0 aromatic rings. The van der Waals surface area contributed by atoms with Crippen molar-refractivity contribution in [3.8, 4) is 6.07 Å². The van der Waals surface area contributed by atoms with E-state index in [1.807, 2.05) is 6.92 Å². The van der Waals surface area contributed by atoms with Crippen molar-refractivity contribution in [1.82, 2.24) is 4.90 Å². The molecule has 4 nitrogen and oxygen atoms in total. The fourth-order valence-corrected chi connectivity index (χ4v) is 1.85. The second-order valence-corrected chi connectivity index (χ2v) is 4.77. The standard InChI is InChI=1S/C12H18F2N2O2/c1-12(9-15)3-5-16(6-4-12)11(17)2-7-18-8-10(13)14/h10H,2-8H2,1H3. The fourth-order valence-electron chi connectivity index (χ4n) is 1.85. The number of nitriles is 1. The van der Waals surface area contributed by atoms with E-state index < -0.39 is 13.0 Å². The summed E-state index contributed by atoms with van der Waals surface area (Å²) >= 11 is 0. The Balaban J connectivity index is 2.22. The minimum absolute atomic E-state index is 0.0230. The summed E-state index contributed by atoms with van der Waals surface area (Å²) in [5.74, 6) is -0.0933. The van der Waals surface area contributed by atoms with Gasteiger partial charge in [0, 0.05) is 13.1 Å². The number of nitrogens with zero attached hydrogens (tertiary/aromatic N) is 2. The maximum absolute atomic E-state index is 11.8. The predicted octanol–water partition coefficient (Wildman–Crippen LogP) is 1.81. The topological polar surface area (TPSA) is 53.3 Å². The van der Waals surface area contributed by atoms with E-state index in [1.54, 1.807) is 4.90 Å². The van der Waals surface area contributed by atoms with Crippen LogP contribution in [0.15, 0.2) is 0 Å². The second-order valence-electron chi connectivity index (χ2n) is 4.77. The van der Waals surface area contributed by atoms with Crippen molar-refractivity contribution in [2.75, 3.05) is 26.3 Å². The maximum atomic E-state index is 11.8. The van der Waals surface area contributed by atoms with Crippen molar-refractivity contribution in [3.63, 3.8) is 0 Å². The van der Waals surface area contributed by atoms with Crippen LogP contribution in [0.25, 0.3) is 0 Å². The number of hydrogen-bond acceptors (Lipinski definition) is 3. The van der Waals surface area contributed by atoms with Crippen LogP contribution in [-0.4, -0.2) is 43.5 Å². The van der Waals surface area contributed by atoms with Gasteiger partial charge in [-0.2, -0.15) is 5.26 Å². The van der Waals surface area contributed by atoms with E-state index in [2.05, 4.69) is 10.8 Å². The Morgan fingerprint density at radius 1 is 1.50 bits per heavy atom. The number of ether oxygens (including phenoxy) is 1. The molecule has 102 valence electrons. The summed E-state index contributed by atoms with van der Waals surface area (Å²) in [6.45, 7) is 2.39. The van der Waals surface area contributed by atoms with Crippen LogP contribution in [-0.2, 0) is 9.53 Å². The van der Waals surface area contributed by atoms with Gasteiger partial charge in [0.25, 0.3) is 6.43 Å². The van der Waals surface area contributed by atoms with E-state index in [-0.39, 0.29) is 24.3 Å². The molecule has 0 saturated carbocycles. The van der Waals surface area contributed by atoms with E-state index in [0.29, 0.717) is 25.9 Å². The van der Waals surface area contributed by atoms with Crippen molar-refractivity contribution >= 4 is 5.91 Å². The number of carbonyl (C=O) groups excluding carboxylic acids is 1. The predicted molar refractivity (Wildman–Crippen MR) is 61.0 cm³/mol. The highest BCUT2D eigenvalue weighted by atomic mass is 19.3. The number of amides is 1. The van der Waals surface area contributed by atoms with Crippen molar-refractivity contribution in [1.29, 1.82) is 5.26 Å². The minimum Gasteiger partial charge on any atom is -0.375 e. The Hall–Kier alpha value is -1.22. The molecular weight excluding hydrogens is 242 g/mol. The number of rotatable bonds is 5. The van der Waals surface area contributed by atoms with Crippen molar-refractivity contribution in [3.05, 3.63) is 0 Å². The number of hydrogen-bond donors (Lipinski definition) is 0. The highest BCUT2D eigenvalue weighted by Gasteiger charge is 2.31. The Bertz CT molecular complexity index is 321. The fraction of sp³-hybridized carbons (Fsp3) is 0.833. The van der Waals surface area contributed by atoms with Gasteiger partial charge < -0.3 is 9.64 Å². The molecule has 0 aromatic heterocycles. The highest BCUT2D eigenvalue weighted by molar-refractivity contribution is 5.76. The van der Waals surface area contributed by atoms with Crippen LogP contribution in [0.5, 0.6) is 0 Å². The first-order valence-corrected chi connectivity index (χ1v) is 6.02. The Kier molecular flexibility index (Phi) is 5.48. The number of carbonyl (C=O) groups is 1. The molecule has 1 aliphatic heterocycles. The number of halogens is 2. The molecule has 0 aromatic carbocycles. The average Bonchev–Trinajstić information content (AvgIpc) is 2.35. The smallest absolute Gasteiger partial charge is 0.261 e. The lowest BCUT2D eigenvalue weighted by molar-refractivity contribution is -0.134. The van der Waals surface area contributed by atoms with Crippen LogP contribution < -0.4 is 0 Å². The van der Waals surface area contributed by atoms with Gasteiger partial charge in [-0.1, -0.05) is 0 Å². The molecule has 0 atom stereocenters. The summed E-state index contributed by atoms with van der Waals surface area (Å²) in [4.78, 5) is 13.4. The minimum atomic E-state index is -2.49. The van der Waals surface area contributed by atoms with Crippen LogP contribution in [0.4, 0.5) is 8.78 Å². The number of likely N-dealkylation sites (tertiary alicyclic amines) is 1. The van der Waals surface area contributed by atoms with Crippen molar-refractivity contribution in [2.45, 2.75) is 32.6 Å². The molecule has 0 bridgehead atoms. The first kappa shape index (κ1) is 14.8. The summed E-state index contributed by atoms with van der Waals surface area (Å²) in [5.41, 5.74) is -0.344. The van der Waals surface area contributed by atoms with Crippen LogP contribution in [0, 0.1) is 16.7 Å². The summed E-state index contributed by atoms with van der Waals surface area (Å²) in [6.07, 6.45) is -1.05. The van der Waals surface area contributed by atoms with E-state index in [1.165, 1.54) is 0 Å². The molecule has 0 aliphatic carbocycles. The van der Waals surface area contributed by atoms with Crippen LogP contribution >= 0.6 is 0 Å². The maximum Gasteiger partial charge on any atom is 0.261 e. The van der Waals surface area contributed by atoms with E-state index in [4.69, 9.17) is 5.26 Å². The molecule has 0 N–H and O–H groups in total. The average molecular weight is 260 g/mol. The zero-order valence-corrected chi connectivity index (χ0v) is 10.5. The monoisotopic (exact) mass is 260 g/mol. The summed E-state index contributed by atoms with van der Waals surface area (Å²) in [7, 11) is 0. The van der Waals surface area contributed by atoms with Crippen molar-refractivity contribution < 1.29 is 18.3 Å². The molecule has 0 unspecified atom stereocenters. The van der Waals surface area contributed by atoms with Crippen LogP contribution in [0.2, 0.25) is 0 Å². The van der Waals surface area contributed by atoms with Gasteiger partial charge in [-0.15, -0.1) is 0 Å². The molecule has 1 saturated heterocycles. The van der Waals surface area contributed by atoms with E-state index in [0.717, 1.165) is 0 Å². The van der Waals surface area contributed by atoms with Crippen molar-refractivity contribution in [2.24, 2.45) is 5.41 Å². The van der Waals surface area contributed by atoms with Gasteiger partial charge in [0.2, 0.25) is 5.91 Å². The third kappa shape index (κ3) is 4.57. The Morgan fingerprint density at radius 3 is 2.61 bits per heavy atom. The zero-order chi connectivity index (χ0) is 13.6. The van der Waals surface area contributed by atoms with Gasteiger partial charge in [0.05, 0.1) is 24.5 Å². The van der Waals surface area contributed by atoms with E-state index in [9.17, 15) is 13.6 Å². The summed E-state index contributed by atoms with van der Waals surface area (Å²) < 4.78 is 28.2. The molecule has 1 heterocycles. The lowest BCUT2D eigenvalue weighted by Gasteiger charge is -2.35. The normalized spacial score (nSPS) is 18.7. The third-order valence-electron chi connectivity index (χ3n) is 3.19. The molecule has 0 radical (unpaired) electrons. The van der Waals surface area contributed by atoms with Gasteiger partial charge in [-0.25, -0.2) is 8.78 Å². The van der Waals surface area contributed by atoms with Crippen LogP contribution in [0.3, 0.4) is 0 Å². The van der Waals surface area contributed by atoms with Gasteiger partial charge >= 0.3 is 0 Å². The van der Waals surface area contributed by atoms with Gasteiger partial charge in [-0.3, -0.25) is 4.79 Å². The molecule has 6 heteroatoms. The van der Waals surface area contributed by atoms with Gasteiger partial charge in [0.15, 0.2) is 0 Å². The van der Waals surface area contributed by atoms with Crippen LogP contribution in [0.1, 0.15) is 26.2 Å². The first-order chi connectivity index (χ1) is 8.47. The highest BCUT2D eigenvalue weighted by Crippen LogP contribution is 2.29. The SMILES string of the molecule is CC1(C#N)CCN(C(=O)CCOCC(F)F)CC1. The lowest BCUT2D eigenvalue weighted by Crippen LogP contribution is -2.42. The quantitative estimate of drug-likeness (QED) is 0.708. The first-order valence-electron chi connectivity index (χ1n) is 6.02. The molecule has 1 amide bonds. The molecular formula is C12H18F2N2O2. The molecule has 1 fully saturated rings. The Labute approximate surface area is 106 Å². The van der Waals surface area contributed by atoms with Gasteiger partial charge in [0.1, 0.15) is 6.61 Å².